The van der Waals surface area contributed by atoms with Gasteiger partial charge in [0.1, 0.15) is 0 Å². The second-order valence-corrected chi connectivity index (χ2v) is 5.90. The first-order valence-corrected chi connectivity index (χ1v) is 8.55. The Kier molecular flexibility index (Phi) is 6.73. The van der Waals surface area contributed by atoms with Crippen LogP contribution in [0.2, 0.25) is 5.02 Å². The zero-order valence-electron chi connectivity index (χ0n) is 14.1. The highest BCUT2D eigenvalue weighted by Gasteiger charge is 2.19. The second-order valence-electron chi connectivity index (χ2n) is 5.49. The zero-order valence-corrected chi connectivity index (χ0v) is 14.8. The average molecular weight is 355 g/mol. The highest BCUT2D eigenvalue weighted by atomic mass is 35.5. The number of nitrogens with zero attached hydrogens (tertiary/aromatic N) is 1. The summed E-state index contributed by atoms with van der Waals surface area (Å²) in [6, 6.07) is 3.50. The number of hydrogen-bond donors (Lipinski definition) is 1. The third-order valence-corrected chi connectivity index (χ3v) is 3.94. The van der Waals surface area contributed by atoms with Crippen LogP contribution < -0.4 is 14.8 Å². The van der Waals surface area contributed by atoms with Gasteiger partial charge in [-0.15, -0.1) is 0 Å². The largest absolute Gasteiger partial charge is 0.489 e. The smallest absolute Gasteiger partial charge is 0.239 e. The normalized spacial score (nSPS) is 13.1. The lowest BCUT2D eigenvalue weighted by Gasteiger charge is -2.20. The molecule has 0 aliphatic carbocycles. The topological polar surface area (TPSA) is 67.9 Å². The van der Waals surface area contributed by atoms with E-state index in [1.165, 1.54) is 4.90 Å². The van der Waals surface area contributed by atoms with Crippen LogP contribution in [0.25, 0.3) is 0 Å². The number of benzene rings is 1. The van der Waals surface area contributed by atoms with Gasteiger partial charge in [0.15, 0.2) is 11.5 Å². The van der Waals surface area contributed by atoms with Gasteiger partial charge in [-0.05, 0) is 31.5 Å². The Bertz CT molecular complexity index is 606. The molecule has 0 atom stereocenters. The van der Waals surface area contributed by atoms with Crippen molar-refractivity contribution in [1.29, 1.82) is 0 Å². The first-order chi connectivity index (χ1) is 11.5. The predicted octanol–water partition coefficient (Wildman–Crippen LogP) is 2.03. The van der Waals surface area contributed by atoms with Crippen LogP contribution in [0.15, 0.2) is 12.1 Å². The minimum atomic E-state index is -0.163. The molecule has 6 nitrogen and oxygen atoms in total. The summed E-state index contributed by atoms with van der Waals surface area (Å²) in [7, 11) is 0. The van der Waals surface area contributed by atoms with Crippen LogP contribution in [0.5, 0.6) is 11.5 Å². The Morgan fingerprint density at radius 2 is 2.00 bits per heavy atom. The monoisotopic (exact) mass is 354 g/mol. The van der Waals surface area contributed by atoms with Gasteiger partial charge in [0.2, 0.25) is 11.8 Å². The fourth-order valence-corrected chi connectivity index (χ4v) is 2.76. The van der Waals surface area contributed by atoms with Crippen molar-refractivity contribution in [3.05, 3.63) is 22.7 Å². The van der Waals surface area contributed by atoms with Crippen molar-refractivity contribution in [2.75, 3.05) is 32.8 Å². The van der Waals surface area contributed by atoms with Crippen LogP contribution in [0.4, 0.5) is 0 Å². The van der Waals surface area contributed by atoms with Crippen molar-refractivity contribution in [2.45, 2.75) is 26.7 Å². The first kappa shape index (κ1) is 18.4. The summed E-state index contributed by atoms with van der Waals surface area (Å²) in [5, 5.41) is 3.13. The molecule has 7 heteroatoms. The fourth-order valence-electron chi connectivity index (χ4n) is 2.48. The van der Waals surface area contributed by atoms with Gasteiger partial charge in [-0.2, -0.15) is 0 Å². The lowest BCUT2D eigenvalue weighted by atomic mass is 10.1. The van der Waals surface area contributed by atoms with Crippen molar-refractivity contribution in [3.63, 3.8) is 0 Å². The molecule has 0 radical (unpaired) electrons. The molecule has 0 unspecified atom stereocenters. The molecule has 1 aromatic carbocycles. The van der Waals surface area contributed by atoms with Crippen LogP contribution in [-0.4, -0.2) is 49.6 Å². The highest BCUT2D eigenvalue weighted by Crippen LogP contribution is 2.38. The van der Waals surface area contributed by atoms with E-state index in [2.05, 4.69) is 5.32 Å². The predicted molar refractivity (Wildman–Crippen MR) is 91.7 cm³/mol. The molecule has 1 heterocycles. The molecule has 0 spiro atoms. The van der Waals surface area contributed by atoms with Gasteiger partial charge in [0, 0.05) is 19.5 Å². The number of amides is 2. The SMILES string of the molecule is CCNC(=O)CN(CC)C(=O)Cc1cc(Cl)c2c(c1)OCCCO2. The molecule has 1 N–H and O–H groups in total. The maximum Gasteiger partial charge on any atom is 0.239 e. The Balaban J connectivity index is 2.09. The number of fused-ring (bicyclic) bond motifs is 1. The van der Waals surface area contributed by atoms with E-state index >= 15 is 0 Å². The van der Waals surface area contributed by atoms with Crippen molar-refractivity contribution < 1.29 is 19.1 Å². The number of carbonyl (C=O) groups is 2. The molecule has 0 saturated heterocycles. The third kappa shape index (κ3) is 4.77. The Hall–Kier alpha value is -1.95. The van der Waals surface area contributed by atoms with Crippen LogP contribution in [0.1, 0.15) is 25.8 Å². The summed E-state index contributed by atoms with van der Waals surface area (Å²) in [6.45, 7) is 5.87. The first-order valence-electron chi connectivity index (χ1n) is 8.17. The van der Waals surface area contributed by atoms with Gasteiger partial charge in [-0.1, -0.05) is 11.6 Å². The summed E-state index contributed by atoms with van der Waals surface area (Å²) in [6.07, 6.45) is 0.943. The summed E-state index contributed by atoms with van der Waals surface area (Å²) in [5.74, 6) is 0.799. The maximum atomic E-state index is 12.5. The lowest BCUT2D eigenvalue weighted by molar-refractivity contribution is -0.135. The summed E-state index contributed by atoms with van der Waals surface area (Å²) < 4.78 is 11.2. The van der Waals surface area contributed by atoms with Crippen molar-refractivity contribution in [3.8, 4) is 11.5 Å². The number of hydrogen-bond acceptors (Lipinski definition) is 4. The Morgan fingerprint density at radius 1 is 1.25 bits per heavy atom. The molecule has 0 saturated carbocycles. The van der Waals surface area contributed by atoms with E-state index < -0.39 is 0 Å². The van der Waals surface area contributed by atoms with E-state index in [1.54, 1.807) is 12.1 Å². The van der Waals surface area contributed by atoms with Gasteiger partial charge in [0.05, 0.1) is 31.2 Å². The van der Waals surface area contributed by atoms with Crippen LogP contribution >= 0.6 is 11.6 Å². The molecular formula is C17H23ClN2O4. The number of carbonyl (C=O) groups excluding carboxylic acids is 2. The number of likely N-dealkylation sites (N-methyl/N-ethyl adjacent to an activating group) is 2. The molecular weight excluding hydrogens is 332 g/mol. The molecule has 1 aliphatic heterocycles. The van der Waals surface area contributed by atoms with Crippen LogP contribution in [-0.2, 0) is 16.0 Å². The van der Waals surface area contributed by atoms with E-state index in [1.807, 2.05) is 13.8 Å². The average Bonchev–Trinajstić information content (AvgIpc) is 2.78. The molecule has 0 aromatic heterocycles. The number of ether oxygens (including phenoxy) is 2. The quantitative estimate of drug-likeness (QED) is 0.848. The standard InChI is InChI=1S/C17H23ClN2O4/c1-3-19-15(21)11-20(4-2)16(22)10-12-8-13(18)17-14(9-12)23-6-5-7-24-17/h8-9H,3-7,10-11H2,1-2H3,(H,19,21). The molecule has 1 aliphatic rings. The van der Waals surface area contributed by atoms with Gasteiger partial charge in [0.25, 0.3) is 0 Å². The van der Waals surface area contributed by atoms with E-state index in [9.17, 15) is 9.59 Å². The Morgan fingerprint density at radius 3 is 2.71 bits per heavy atom. The summed E-state index contributed by atoms with van der Waals surface area (Å²) in [5.41, 5.74) is 0.739. The van der Waals surface area contributed by atoms with E-state index in [4.69, 9.17) is 21.1 Å². The number of rotatable bonds is 6. The molecule has 0 bridgehead atoms. The fraction of sp³-hybridized carbons (Fsp3) is 0.529. The lowest BCUT2D eigenvalue weighted by Crippen LogP contribution is -2.41. The van der Waals surface area contributed by atoms with Crippen LogP contribution in [0, 0.1) is 0 Å². The van der Waals surface area contributed by atoms with Gasteiger partial charge in [-0.25, -0.2) is 0 Å². The molecule has 2 rings (SSSR count). The molecule has 0 fully saturated rings. The number of nitrogens with one attached hydrogen (secondary N) is 1. The van der Waals surface area contributed by atoms with E-state index in [-0.39, 0.29) is 24.8 Å². The van der Waals surface area contributed by atoms with Crippen molar-refractivity contribution >= 4 is 23.4 Å². The molecule has 24 heavy (non-hydrogen) atoms. The molecule has 2 amide bonds. The summed E-state index contributed by atoms with van der Waals surface area (Å²) >= 11 is 6.25. The van der Waals surface area contributed by atoms with Gasteiger partial charge in [-0.3, -0.25) is 9.59 Å². The number of halogens is 1. The van der Waals surface area contributed by atoms with Crippen molar-refractivity contribution in [2.24, 2.45) is 0 Å². The zero-order chi connectivity index (χ0) is 17.5. The maximum absolute atomic E-state index is 12.5. The van der Waals surface area contributed by atoms with E-state index in [0.717, 1.165) is 12.0 Å². The van der Waals surface area contributed by atoms with Gasteiger partial charge >= 0.3 is 0 Å². The summed E-state index contributed by atoms with van der Waals surface area (Å²) in [4.78, 5) is 25.7. The minimum Gasteiger partial charge on any atom is -0.489 e. The van der Waals surface area contributed by atoms with Crippen LogP contribution in [0.3, 0.4) is 0 Å². The second kappa shape index (κ2) is 8.78. The van der Waals surface area contributed by atoms with Crippen molar-refractivity contribution in [1.82, 2.24) is 10.2 Å². The minimum absolute atomic E-state index is 0.0570. The Labute approximate surface area is 147 Å². The van der Waals surface area contributed by atoms with E-state index in [0.29, 0.717) is 42.8 Å². The van der Waals surface area contributed by atoms with Gasteiger partial charge < -0.3 is 19.7 Å². The molecule has 1 aromatic rings. The highest BCUT2D eigenvalue weighted by molar-refractivity contribution is 6.32. The third-order valence-electron chi connectivity index (χ3n) is 3.66. The molecule has 132 valence electrons.